The van der Waals surface area contributed by atoms with Gasteiger partial charge in [-0.3, -0.25) is 14.9 Å². The molecule has 0 spiro atoms. The van der Waals surface area contributed by atoms with Crippen LogP contribution in [0.4, 0.5) is 5.69 Å². The van der Waals surface area contributed by atoms with E-state index in [2.05, 4.69) is 10.2 Å². The van der Waals surface area contributed by atoms with Gasteiger partial charge in [0.05, 0.1) is 10.7 Å². The highest BCUT2D eigenvalue weighted by molar-refractivity contribution is 7.99. The van der Waals surface area contributed by atoms with Gasteiger partial charge in [0.2, 0.25) is 11.8 Å². The Balaban J connectivity index is 1.58. The molecular weight excluding hydrogens is 368 g/mol. The summed E-state index contributed by atoms with van der Waals surface area (Å²) in [7, 11) is 1.73. The van der Waals surface area contributed by atoms with Gasteiger partial charge in [0.25, 0.3) is 10.9 Å². The number of nitrogens with zero attached hydrogens (tertiary/aromatic N) is 4. The molecule has 0 aliphatic carbocycles. The topological polar surface area (TPSA) is 102 Å². The van der Waals surface area contributed by atoms with Crippen molar-refractivity contribution in [1.29, 1.82) is 0 Å². The summed E-state index contributed by atoms with van der Waals surface area (Å²) < 4.78 is 5.50. The number of thioether (sulfide) groups is 1. The number of amides is 1. The molecule has 27 heavy (non-hydrogen) atoms. The molecule has 0 fully saturated rings. The molecule has 0 N–H and O–H groups in total. The molecule has 2 aromatic carbocycles. The summed E-state index contributed by atoms with van der Waals surface area (Å²) in [6.45, 7) is 0.517. The minimum absolute atomic E-state index is 0.0578. The zero-order valence-electron chi connectivity index (χ0n) is 14.4. The smallest absolute Gasteiger partial charge is 0.277 e. The average molecular weight is 384 g/mol. The first-order chi connectivity index (χ1) is 13.0. The lowest BCUT2D eigenvalue weighted by Crippen LogP contribution is -2.27. The Morgan fingerprint density at radius 2 is 1.96 bits per heavy atom. The average Bonchev–Trinajstić information content (AvgIpc) is 3.16. The SMILES string of the molecule is CN(Cc1ccccc1)C(=O)CSc1nnc(-c2cccc([N+](=O)[O-])c2)o1. The highest BCUT2D eigenvalue weighted by Crippen LogP contribution is 2.26. The van der Waals surface area contributed by atoms with E-state index in [4.69, 9.17) is 4.42 Å². The molecule has 1 heterocycles. The van der Waals surface area contributed by atoms with Crippen LogP contribution in [0.3, 0.4) is 0 Å². The van der Waals surface area contributed by atoms with Crippen LogP contribution in [0, 0.1) is 10.1 Å². The molecule has 3 aromatic rings. The number of hydrogen-bond acceptors (Lipinski definition) is 7. The first kappa shape index (κ1) is 18.6. The van der Waals surface area contributed by atoms with Gasteiger partial charge in [-0.1, -0.05) is 48.2 Å². The van der Waals surface area contributed by atoms with Gasteiger partial charge in [-0.15, -0.1) is 10.2 Å². The maximum absolute atomic E-state index is 12.3. The third kappa shape index (κ3) is 4.91. The van der Waals surface area contributed by atoms with Gasteiger partial charge in [0, 0.05) is 31.3 Å². The molecule has 9 heteroatoms. The van der Waals surface area contributed by atoms with Gasteiger partial charge in [-0.25, -0.2) is 0 Å². The molecule has 0 bridgehead atoms. The maximum atomic E-state index is 12.3. The van der Waals surface area contributed by atoms with Crippen molar-refractivity contribution in [3.8, 4) is 11.5 Å². The molecule has 3 rings (SSSR count). The molecule has 0 radical (unpaired) electrons. The number of hydrogen-bond donors (Lipinski definition) is 0. The molecule has 138 valence electrons. The van der Waals surface area contributed by atoms with Crippen molar-refractivity contribution >= 4 is 23.4 Å². The van der Waals surface area contributed by atoms with Crippen LogP contribution >= 0.6 is 11.8 Å². The molecule has 0 aliphatic heterocycles. The number of benzene rings is 2. The van der Waals surface area contributed by atoms with Crippen molar-refractivity contribution < 1.29 is 14.1 Å². The fourth-order valence-corrected chi connectivity index (χ4v) is 3.02. The van der Waals surface area contributed by atoms with Crippen LogP contribution in [0.1, 0.15) is 5.56 Å². The molecule has 0 saturated carbocycles. The molecule has 0 aliphatic rings. The molecule has 1 amide bonds. The fraction of sp³-hybridized carbons (Fsp3) is 0.167. The summed E-state index contributed by atoms with van der Waals surface area (Å²) in [6, 6.07) is 15.6. The minimum Gasteiger partial charge on any atom is -0.411 e. The second kappa shape index (κ2) is 8.45. The molecule has 0 atom stereocenters. The maximum Gasteiger partial charge on any atom is 0.277 e. The predicted octanol–water partition coefficient (Wildman–Crippen LogP) is 3.40. The Labute approximate surface area is 159 Å². The van der Waals surface area contributed by atoms with E-state index in [1.165, 1.54) is 12.1 Å². The van der Waals surface area contributed by atoms with E-state index in [1.54, 1.807) is 24.1 Å². The molecule has 8 nitrogen and oxygen atoms in total. The largest absolute Gasteiger partial charge is 0.411 e. The van der Waals surface area contributed by atoms with Crippen LogP contribution < -0.4 is 0 Å². The van der Waals surface area contributed by atoms with Crippen molar-refractivity contribution in [1.82, 2.24) is 15.1 Å². The van der Waals surface area contributed by atoms with E-state index in [-0.39, 0.29) is 28.5 Å². The number of nitro groups is 1. The van der Waals surface area contributed by atoms with Gasteiger partial charge in [0.1, 0.15) is 0 Å². The van der Waals surface area contributed by atoms with E-state index < -0.39 is 4.92 Å². The Morgan fingerprint density at radius 3 is 2.70 bits per heavy atom. The monoisotopic (exact) mass is 384 g/mol. The van der Waals surface area contributed by atoms with Crippen molar-refractivity contribution in [3.05, 3.63) is 70.3 Å². The summed E-state index contributed by atoms with van der Waals surface area (Å²) in [5, 5.41) is 18.9. The standard InChI is InChI=1S/C18H16N4O4S/c1-21(11-13-6-3-2-4-7-13)16(23)12-27-18-20-19-17(26-18)14-8-5-9-15(10-14)22(24)25/h2-10H,11-12H2,1H3. The number of carbonyl (C=O) groups is 1. The van der Waals surface area contributed by atoms with E-state index in [1.807, 2.05) is 30.3 Å². The fourth-order valence-electron chi connectivity index (χ4n) is 2.32. The summed E-state index contributed by atoms with van der Waals surface area (Å²) in [4.78, 5) is 24.2. The van der Waals surface area contributed by atoms with Crippen LogP contribution in [0.15, 0.2) is 64.2 Å². The summed E-state index contributed by atoms with van der Waals surface area (Å²) in [5.41, 5.74) is 1.44. The van der Waals surface area contributed by atoms with Gasteiger partial charge < -0.3 is 9.32 Å². The van der Waals surface area contributed by atoms with Gasteiger partial charge in [-0.05, 0) is 11.6 Å². The Hall–Kier alpha value is -3.20. The van der Waals surface area contributed by atoms with E-state index in [0.717, 1.165) is 17.3 Å². The van der Waals surface area contributed by atoms with Crippen molar-refractivity contribution in [3.63, 3.8) is 0 Å². The van der Waals surface area contributed by atoms with Gasteiger partial charge in [-0.2, -0.15) is 0 Å². The quantitative estimate of drug-likeness (QED) is 0.349. The highest BCUT2D eigenvalue weighted by Gasteiger charge is 2.15. The number of nitro benzene ring substituents is 1. The first-order valence-corrected chi connectivity index (χ1v) is 9.00. The van der Waals surface area contributed by atoms with Crippen LogP contribution in [-0.2, 0) is 11.3 Å². The normalized spacial score (nSPS) is 10.6. The van der Waals surface area contributed by atoms with Crippen LogP contribution in [0.5, 0.6) is 0 Å². The van der Waals surface area contributed by atoms with E-state index >= 15 is 0 Å². The lowest BCUT2D eigenvalue weighted by atomic mass is 10.2. The van der Waals surface area contributed by atoms with E-state index in [9.17, 15) is 14.9 Å². The van der Waals surface area contributed by atoms with Crippen LogP contribution in [0.25, 0.3) is 11.5 Å². The second-order valence-corrected chi connectivity index (χ2v) is 6.63. The number of aromatic nitrogens is 2. The van der Waals surface area contributed by atoms with Crippen molar-refractivity contribution in [2.45, 2.75) is 11.8 Å². The second-order valence-electron chi connectivity index (χ2n) is 5.70. The lowest BCUT2D eigenvalue weighted by Gasteiger charge is -2.16. The van der Waals surface area contributed by atoms with Gasteiger partial charge >= 0.3 is 0 Å². The zero-order chi connectivity index (χ0) is 19.2. The number of rotatable bonds is 7. The highest BCUT2D eigenvalue weighted by atomic mass is 32.2. The van der Waals surface area contributed by atoms with Gasteiger partial charge in [0.15, 0.2) is 0 Å². The van der Waals surface area contributed by atoms with Crippen LogP contribution in [0.2, 0.25) is 0 Å². The minimum atomic E-state index is -0.489. The number of non-ortho nitro benzene ring substituents is 1. The Morgan fingerprint density at radius 1 is 1.19 bits per heavy atom. The Kier molecular flexibility index (Phi) is 5.82. The summed E-state index contributed by atoms with van der Waals surface area (Å²) >= 11 is 1.13. The van der Waals surface area contributed by atoms with E-state index in [0.29, 0.717) is 12.1 Å². The molecule has 0 saturated heterocycles. The molecule has 1 aromatic heterocycles. The predicted molar refractivity (Wildman–Crippen MR) is 100 cm³/mol. The third-order valence-corrected chi connectivity index (χ3v) is 4.52. The third-order valence-electron chi connectivity index (χ3n) is 3.72. The summed E-state index contributed by atoms with van der Waals surface area (Å²) in [5.74, 6) is 0.255. The van der Waals surface area contributed by atoms with Crippen LogP contribution in [-0.4, -0.2) is 38.7 Å². The molecule has 0 unspecified atom stereocenters. The molecular formula is C18H16N4O4S. The number of carbonyl (C=O) groups excluding carboxylic acids is 1. The first-order valence-electron chi connectivity index (χ1n) is 8.02. The summed E-state index contributed by atoms with van der Waals surface area (Å²) in [6.07, 6.45) is 0. The Bertz CT molecular complexity index is 945. The lowest BCUT2D eigenvalue weighted by molar-refractivity contribution is -0.384. The van der Waals surface area contributed by atoms with Crippen molar-refractivity contribution in [2.75, 3.05) is 12.8 Å². The van der Waals surface area contributed by atoms with Crippen molar-refractivity contribution in [2.24, 2.45) is 0 Å². The zero-order valence-corrected chi connectivity index (χ0v) is 15.3.